The Morgan fingerprint density at radius 3 is 2.42 bits per heavy atom. The normalized spacial score (nSPS) is 19.5. The van der Waals surface area contributed by atoms with Crippen molar-refractivity contribution < 1.29 is 42.1 Å². The van der Waals surface area contributed by atoms with E-state index in [0.29, 0.717) is 43.7 Å². The molecule has 0 spiro atoms. The van der Waals surface area contributed by atoms with Crippen LogP contribution in [0.5, 0.6) is 5.75 Å². The van der Waals surface area contributed by atoms with Crippen molar-refractivity contribution >= 4 is 28.1 Å². The standard InChI is InChI=1S/C30H47N3O9S/c1-5-6-18-43(38,39)31-25(27(34)35)19-22-10-12-23(13-11-22)40-21-24-20-33(29(37)41-24)17-14-26(28(36)42-30(2,3)4)32-15-8-7-9-16-32/h10-13,24-26,31H,5-9,14-21H2,1-4H3,(H,34,35). The topological polar surface area (TPSA) is 152 Å². The fourth-order valence-corrected chi connectivity index (χ4v) is 6.51. The Bertz CT molecular complexity index is 1180. The van der Waals surface area contributed by atoms with Crippen LogP contribution in [0.2, 0.25) is 0 Å². The molecule has 2 heterocycles. The van der Waals surface area contributed by atoms with Gasteiger partial charge < -0.3 is 24.2 Å². The van der Waals surface area contributed by atoms with Gasteiger partial charge in [-0.15, -0.1) is 0 Å². The number of carboxylic acid groups (broad SMARTS) is 1. The second-order valence-electron chi connectivity index (χ2n) is 12.2. The molecular weight excluding hydrogens is 578 g/mol. The first-order valence-electron chi connectivity index (χ1n) is 15.1. The number of sulfonamides is 1. The largest absolute Gasteiger partial charge is 0.490 e. The van der Waals surface area contributed by atoms with Crippen molar-refractivity contribution in [3.8, 4) is 5.75 Å². The lowest BCUT2D eigenvalue weighted by Gasteiger charge is -2.35. The highest BCUT2D eigenvalue weighted by Gasteiger charge is 2.36. The Hall–Kier alpha value is -2.90. The van der Waals surface area contributed by atoms with Gasteiger partial charge in [0.2, 0.25) is 10.0 Å². The van der Waals surface area contributed by atoms with Gasteiger partial charge in [0.25, 0.3) is 0 Å². The van der Waals surface area contributed by atoms with E-state index in [9.17, 15) is 27.9 Å². The Morgan fingerprint density at radius 2 is 1.81 bits per heavy atom. The maximum Gasteiger partial charge on any atom is 0.410 e. The number of rotatable bonds is 16. The molecular formula is C30H47N3O9S. The van der Waals surface area contributed by atoms with Crippen molar-refractivity contribution in [1.29, 1.82) is 0 Å². The molecule has 2 fully saturated rings. The fourth-order valence-electron chi connectivity index (χ4n) is 5.11. The molecule has 242 valence electrons. The molecule has 43 heavy (non-hydrogen) atoms. The summed E-state index contributed by atoms with van der Waals surface area (Å²) in [6.07, 6.45) is 3.83. The van der Waals surface area contributed by atoms with Crippen LogP contribution >= 0.6 is 0 Å². The number of benzene rings is 1. The van der Waals surface area contributed by atoms with E-state index < -0.39 is 45.9 Å². The highest BCUT2D eigenvalue weighted by atomic mass is 32.2. The maximum atomic E-state index is 13.0. The average Bonchev–Trinajstić information content (AvgIpc) is 3.29. The molecule has 1 amide bonds. The molecule has 2 aliphatic heterocycles. The third kappa shape index (κ3) is 11.6. The number of carbonyl (C=O) groups is 3. The van der Waals surface area contributed by atoms with E-state index in [1.165, 1.54) is 0 Å². The highest BCUT2D eigenvalue weighted by Crippen LogP contribution is 2.21. The van der Waals surface area contributed by atoms with Crippen LogP contribution in [0.25, 0.3) is 0 Å². The van der Waals surface area contributed by atoms with Crippen LogP contribution in [0.3, 0.4) is 0 Å². The van der Waals surface area contributed by atoms with E-state index in [0.717, 1.165) is 32.4 Å². The number of piperidine rings is 1. The molecule has 13 heteroatoms. The third-order valence-electron chi connectivity index (χ3n) is 7.32. The third-order valence-corrected chi connectivity index (χ3v) is 8.79. The summed E-state index contributed by atoms with van der Waals surface area (Å²) in [7, 11) is -3.70. The lowest BCUT2D eigenvalue weighted by molar-refractivity contribution is -0.162. The minimum atomic E-state index is -3.70. The number of amides is 1. The van der Waals surface area contributed by atoms with Crippen LogP contribution in [0, 0.1) is 0 Å². The second-order valence-corrected chi connectivity index (χ2v) is 14.1. The lowest BCUT2D eigenvalue weighted by Crippen LogP contribution is -2.48. The first-order chi connectivity index (χ1) is 20.3. The van der Waals surface area contributed by atoms with Crippen LogP contribution in [-0.4, -0.2) is 104 Å². The van der Waals surface area contributed by atoms with Gasteiger partial charge in [0.15, 0.2) is 6.10 Å². The second kappa shape index (κ2) is 15.7. The number of unbranched alkanes of at least 4 members (excludes halogenated alkanes) is 1. The van der Waals surface area contributed by atoms with Crippen LogP contribution in [0.4, 0.5) is 4.79 Å². The molecule has 1 aromatic carbocycles. The fraction of sp³-hybridized carbons (Fsp3) is 0.700. The number of nitrogens with one attached hydrogen (secondary N) is 1. The van der Waals surface area contributed by atoms with E-state index in [1.54, 1.807) is 29.2 Å². The van der Waals surface area contributed by atoms with Gasteiger partial charge in [-0.05, 0) is 83.7 Å². The van der Waals surface area contributed by atoms with Crippen LogP contribution in [0.1, 0.15) is 71.8 Å². The summed E-state index contributed by atoms with van der Waals surface area (Å²) in [5.74, 6) is -1.13. The van der Waals surface area contributed by atoms with Crippen molar-refractivity contribution in [2.24, 2.45) is 0 Å². The van der Waals surface area contributed by atoms with E-state index in [2.05, 4.69) is 9.62 Å². The van der Waals surface area contributed by atoms with E-state index >= 15 is 0 Å². The molecule has 0 saturated carbocycles. The zero-order chi connectivity index (χ0) is 31.6. The molecule has 2 N–H and O–H groups in total. The van der Waals surface area contributed by atoms with E-state index in [-0.39, 0.29) is 24.7 Å². The zero-order valence-electron chi connectivity index (χ0n) is 25.7. The number of aliphatic carboxylic acids is 1. The van der Waals surface area contributed by atoms with Crippen molar-refractivity contribution in [3.05, 3.63) is 29.8 Å². The summed E-state index contributed by atoms with van der Waals surface area (Å²) in [5, 5.41) is 9.51. The predicted molar refractivity (Wildman–Crippen MR) is 160 cm³/mol. The van der Waals surface area contributed by atoms with Gasteiger partial charge in [0.1, 0.15) is 30.0 Å². The highest BCUT2D eigenvalue weighted by molar-refractivity contribution is 7.89. The Kier molecular flexibility index (Phi) is 12.6. The van der Waals surface area contributed by atoms with Gasteiger partial charge in [-0.1, -0.05) is 31.9 Å². The Morgan fingerprint density at radius 1 is 1.14 bits per heavy atom. The number of ether oxygens (including phenoxy) is 3. The number of esters is 1. The summed E-state index contributed by atoms with van der Waals surface area (Å²) in [6, 6.07) is 4.99. The average molecular weight is 626 g/mol. The minimum absolute atomic E-state index is 0.0160. The van der Waals surface area contributed by atoms with Gasteiger partial charge in [-0.3, -0.25) is 14.5 Å². The molecule has 2 saturated heterocycles. The van der Waals surface area contributed by atoms with Gasteiger partial charge in [-0.2, -0.15) is 0 Å². The summed E-state index contributed by atoms with van der Waals surface area (Å²) < 4.78 is 43.6. The molecule has 12 nitrogen and oxygen atoms in total. The van der Waals surface area contributed by atoms with Crippen LogP contribution in [0.15, 0.2) is 24.3 Å². The molecule has 2 aliphatic rings. The molecule has 3 rings (SSSR count). The van der Waals surface area contributed by atoms with Gasteiger partial charge in [0, 0.05) is 6.54 Å². The van der Waals surface area contributed by atoms with Crippen molar-refractivity contribution in [2.45, 2.75) is 96.4 Å². The van der Waals surface area contributed by atoms with Crippen molar-refractivity contribution in [1.82, 2.24) is 14.5 Å². The maximum absolute atomic E-state index is 13.0. The van der Waals surface area contributed by atoms with Crippen molar-refractivity contribution in [2.75, 3.05) is 38.5 Å². The summed E-state index contributed by atoms with van der Waals surface area (Å²) in [6.45, 7) is 9.87. The number of likely N-dealkylation sites (tertiary alicyclic amines) is 1. The predicted octanol–water partition coefficient (Wildman–Crippen LogP) is 3.19. The SMILES string of the molecule is CCCCS(=O)(=O)NC(Cc1ccc(OCC2CN(CCC(C(=O)OC(C)(C)C)N3CCCCC3)C(=O)O2)cc1)C(=O)O. The van der Waals surface area contributed by atoms with Crippen LogP contribution < -0.4 is 9.46 Å². The number of carboxylic acids is 1. The molecule has 3 unspecified atom stereocenters. The number of hydrogen-bond acceptors (Lipinski definition) is 9. The molecule has 0 radical (unpaired) electrons. The van der Waals surface area contributed by atoms with Crippen LogP contribution in [-0.2, 0) is 35.5 Å². The van der Waals surface area contributed by atoms with E-state index in [4.69, 9.17) is 14.2 Å². The van der Waals surface area contributed by atoms with Crippen molar-refractivity contribution in [3.63, 3.8) is 0 Å². The lowest BCUT2D eigenvalue weighted by atomic mass is 10.1. The van der Waals surface area contributed by atoms with Gasteiger partial charge in [-0.25, -0.2) is 17.9 Å². The minimum Gasteiger partial charge on any atom is -0.490 e. The molecule has 0 aromatic heterocycles. The number of nitrogens with zero attached hydrogens (tertiary/aromatic N) is 2. The number of carbonyl (C=O) groups excluding carboxylic acids is 2. The zero-order valence-corrected chi connectivity index (χ0v) is 26.6. The Labute approximate surface area is 255 Å². The molecule has 3 atom stereocenters. The van der Waals surface area contributed by atoms with E-state index in [1.807, 2.05) is 27.7 Å². The number of hydrogen-bond donors (Lipinski definition) is 2. The quantitative estimate of drug-likeness (QED) is 0.262. The molecule has 1 aromatic rings. The summed E-state index contributed by atoms with van der Waals surface area (Å²) in [4.78, 5) is 41.0. The summed E-state index contributed by atoms with van der Waals surface area (Å²) in [5.41, 5.74) is 0.0342. The Balaban J connectivity index is 1.50. The monoisotopic (exact) mass is 625 g/mol. The smallest absolute Gasteiger partial charge is 0.410 e. The molecule has 0 bridgehead atoms. The first kappa shape index (κ1) is 34.6. The number of cyclic esters (lactones) is 1. The summed E-state index contributed by atoms with van der Waals surface area (Å²) >= 11 is 0. The van der Waals surface area contributed by atoms with Gasteiger partial charge in [0.05, 0.1) is 12.3 Å². The van der Waals surface area contributed by atoms with Gasteiger partial charge >= 0.3 is 18.0 Å². The molecule has 0 aliphatic carbocycles. The first-order valence-corrected chi connectivity index (χ1v) is 16.8.